The van der Waals surface area contributed by atoms with Crippen LogP contribution < -0.4 is 4.74 Å². The smallest absolute Gasteiger partial charge is 0.293 e. The van der Waals surface area contributed by atoms with Crippen LogP contribution in [0.4, 0.5) is 0 Å². The molecule has 3 nitrogen and oxygen atoms in total. The first-order chi connectivity index (χ1) is 7.54. The first-order valence-corrected chi connectivity index (χ1v) is 5.32. The first-order valence-electron chi connectivity index (χ1n) is 5.32. The molecule has 0 fully saturated rings. The van der Waals surface area contributed by atoms with E-state index in [0.717, 1.165) is 5.75 Å². The van der Waals surface area contributed by atoms with Gasteiger partial charge in [-0.2, -0.15) is 0 Å². The van der Waals surface area contributed by atoms with E-state index >= 15 is 0 Å². The fraction of sp³-hybridized carbons (Fsp3) is 0.462. The molecule has 16 heavy (non-hydrogen) atoms. The minimum Gasteiger partial charge on any atom is -0.490 e. The molecule has 0 unspecified atom stereocenters. The van der Waals surface area contributed by atoms with Crippen LogP contribution in [-0.2, 0) is 14.9 Å². The van der Waals surface area contributed by atoms with Gasteiger partial charge in [0.2, 0.25) is 0 Å². The highest BCUT2D eigenvalue weighted by Crippen LogP contribution is 2.24. The molecule has 0 spiro atoms. The van der Waals surface area contributed by atoms with Gasteiger partial charge in [0.25, 0.3) is 6.47 Å². The lowest BCUT2D eigenvalue weighted by atomic mass is 9.87. The van der Waals surface area contributed by atoms with E-state index in [-0.39, 0.29) is 12.0 Å². The van der Waals surface area contributed by atoms with Crippen LogP contribution in [0.15, 0.2) is 24.3 Å². The predicted octanol–water partition coefficient (Wildman–Crippen LogP) is 2.54. The summed E-state index contributed by atoms with van der Waals surface area (Å²) < 4.78 is 9.92. The van der Waals surface area contributed by atoms with E-state index in [0.29, 0.717) is 13.1 Å². The number of rotatable bonds is 5. The standard InChI is InChI=1S/C13H18O3/c1-13(2,3)11-4-6-12(7-5-11)16-9-8-15-10-14/h4-7,10H,8-9H2,1-3H3. The van der Waals surface area contributed by atoms with Crippen LogP contribution >= 0.6 is 0 Å². The fourth-order valence-corrected chi connectivity index (χ4v) is 1.31. The Bertz CT molecular complexity index is 322. The first kappa shape index (κ1) is 12.6. The second kappa shape index (κ2) is 5.54. The zero-order chi connectivity index (χ0) is 12.0. The van der Waals surface area contributed by atoms with Crippen LogP contribution in [0.25, 0.3) is 0 Å². The maximum atomic E-state index is 9.89. The number of ether oxygens (including phenoxy) is 2. The minimum atomic E-state index is 0.152. The van der Waals surface area contributed by atoms with E-state index in [1.54, 1.807) is 0 Å². The normalized spacial score (nSPS) is 10.9. The monoisotopic (exact) mass is 222 g/mol. The maximum absolute atomic E-state index is 9.89. The fourth-order valence-electron chi connectivity index (χ4n) is 1.31. The van der Waals surface area contributed by atoms with Crippen LogP contribution in [0.2, 0.25) is 0 Å². The summed E-state index contributed by atoms with van der Waals surface area (Å²) in [6.45, 7) is 7.59. The molecule has 1 rings (SSSR count). The Balaban J connectivity index is 2.48. The summed E-state index contributed by atoms with van der Waals surface area (Å²) in [5.41, 5.74) is 1.42. The molecule has 1 aromatic carbocycles. The Labute approximate surface area is 96.4 Å². The Kier molecular flexibility index (Phi) is 4.35. The van der Waals surface area contributed by atoms with Crippen molar-refractivity contribution in [2.45, 2.75) is 26.2 Å². The van der Waals surface area contributed by atoms with E-state index in [2.05, 4.69) is 37.6 Å². The maximum Gasteiger partial charge on any atom is 0.293 e. The van der Waals surface area contributed by atoms with Crippen molar-refractivity contribution in [1.82, 2.24) is 0 Å². The highest BCUT2D eigenvalue weighted by atomic mass is 16.5. The van der Waals surface area contributed by atoms with Gasteiger partial charge in [-0.3, -0.25) is 4.79 Å². The number of carbonyl (C=O) groups is 1. The molecule has 3 heteroatoms. The minimum absolute atomic E-state index is 0.152. The van der Waals surface area contributed by atoms with Crippen LogP contribution in [0, 0.1) is 0 Å². The van der Waals surface area contributed by atoms with E-state index in [4.69, 9.17) is 4.74 Å². The van der Waals surface area contributed by atoms with Gasteiger partial charge in [0.1, 0.15) is 19.0 Å². The Morgan fingerprint density at radius 1 is 1.12 bits per heavy atom. The average Bonchev–Trinajstić information content (AvgIpc) is 2.24. The molecular formula is C13H18O3. The molecule has 0 aliphatic carbocycles. The zero-order valence-corrected chi connectivity index (χ0v) is 10.0. The van der Waals surface area contributed by atoms with Crippen molar-refractivity contribution < 1.29 is 14.3 Å². The molecule has 88 valence electrons. The number of benzene rings is 1. The molecule has 0 saturated carbocycles. The zero-order valence-electron chi connectivity index (χ0n) is 10.0. The molecule has 1 aromatic rings. The van der Waals surface area contributed by atoms with Gasteiger partial charge in [-0.15, -0.1) is 0 Å². The number of hydrogen-bond donors (Lipinski definition) is 0. The highest BCUT2D eigenvalue weighted by molar-refractivity contribution is 5.36. The molecule has 0 aromatic heterocycles. The molecule has 0 N–H and O–H groups in total. The van der Waals surface area contributed by atoms with Crippen molar-refractivity contribution in [3.05, 3.63) is 29.8 Å². The summed E-state index contributed by atoms with van der Waals surface area (Å²) in [5, 5.41) is 0. The molecule has 0 atom stereocenters. The third kappa shape index (κ3) is 3.93. The second-order valence-electron chi connectivity index (χ2n) is 4.59. The van der Waals surface area contributed by atoms with Crippen LogP contribution in [-0.4, -0.2) is 19.7 Å². The van der Waals surface area contributed by atoms with E-state index in [1.807, 2.05) is 12.1 Å². The quantitative estimate of drug-likeness (QED) is 0.567. The van der Waals surface area contributed by atoms with Gasteiger partial charge >= 0.3 is 0 Å². The summed E-state index contributed by atoms with van der Waals surface area (Å²) in [4.78, 5) is 9.89. The van der Waals surface area contributed by atoms with Crippen molar-refractivity contribution >= 4 is 6.47 Å². The Hall–Kier alpha value is -1.51. The van der Waals surface area contributed by atoms with E-state index < -0.39 is 0 Å². The predicted molar refractivity (Wildman–Crippen MR) is 62.7 cm³/mol. The van der Waals surface area contributed by atoms with E-state index in [1.165, 1.54) is 5.56 Å². The van der Waals surface area contributed by atoms with Crippen molar-refractivity contribution in [2.75, 3.05) is 13.2 Å². The van der Waals surface area contributed by atoms with Crippen LogP contribution in [0.3, 0.4) is 0 Å². The van der Waals surface area contributed by atoms with E-state index in [9.17, 15) is 4.79 Å². The molecule has 0 amide bonds. The topological polar surface area (TPSA) is 35.5 Å². The molecule has 0 saturated heterocycles. The third-order valence-electron chi connectivity index (χ3n) is 2.26. The molecule has 0 aliphatic rings. The average molecular weight is 222 g/mol. The van der Waals surface area contributed by atoms with Gasteiger partial charge in [0.05, 0.1) is 0 Å². The Morgan fingerprint density at radius 3 is 2.25 bits per heavy atom. The van der Waals surface area contributed by atoms with Crippen LogP contribution in [0.1, 0.15) is 26.3 Å². The van der Waals surface area contributed by atoms with Gasteiger partial charge in [-0.05, 0) is 23.1 Å². The summed E-state index contributed by atoms with van der Waals surface area (Å²) in [7, 11) is 0. The van der Waals surface area contributed by atoms with Gasteiger partial charge < -0.3 is 9.47 Å². The lowest BCUT2D eigenvalue weighted by molar-refractivity contribution is -0.129. The lowest BCUT2D eigenvalue weighted by Crippen LogP contribution is -2.11. The van der Waals surface area contributed by atoms with Gasteiger partial charge in [0.15, 0.2) is 0 Å². The SMILES string of the molecule is CC(C)(C)c1ccc(OCCOC=O)cc1. The van der Waals surface area contributed by atoms with Crippen molar-refractivity contribution in [3.8, 4) is 5.75 Å². The van der Waals surface area contributed by atoms with Gasteiger partial charge in [-0.1, -0.05) is 32.9 Å². The van der Waals surface area contributed by atoms with Crippen molar-refractivity contribution in [1.29, 1.82) is 0 Å². The molecule has 0 aliphatic heterocycles. The molecule has 0 heterocycles. The second-order valence-corrected chi connectivity index (χ2v) is 4.59. The molecular weight excluding hydrogens is 204 g/mol. The number of hydrogen-bond acceptors (Lipinski definition) is 3. The van der Waals surface area contributed by atoms with Crippen LogP contribution in [0.5, 0.6) is 5.75 Å². The van der Waals surface area contributed by atoms with Crippen molar-refractivity contribution in [3.63, 3.8) is 0 Å². The number of carbonyl (C=O) groups excluding carboxylic acids is 1. The lowest BCUT2D eigenvalue weighted by Gasteiger charge is -2.19. The molecule has 0 bridgehead atoms. The highest BCUT2D eigenvalue weighted by Gasteiger charge is 2.12. The summed E-state index contributed by atoms with van der Waals surface area (Å²) >= 11 is 0. The summed E-state index contributed by atoms with van der Waals surface area (Å²) in [5.74, 6) is 0.794. The van der Waals surface area contributed by atoms with Gasteiger partial charge in [-0.25, -0.2) is 0 Å². The molecule has 0 radical (unpaired) electrons. The largest absolute Gasteiger partial charge is 0.490 e. The third-order valence-corrected chi connectivity index (χ3v) is 2.26. The van der Waals surface area contributed by atoms with Crippen molar-refractivity contribution in [2.24, 2.45) is 0 Å². The summed E-state index contributed by atoms with van der Waals surface area (Å²) in [6.07, 6.45) is 0. The van der Waals surface area contributed by atoms with Gasteiger partial charge in [0, 0.05) is 0 Å². The summed E-state index contributed by atoms with van der Waals surface area (Å²) in [6, 6.07) is 7.97. The Morgan fingerprint density at radius 2 is 1.75 bits per heavy atom.